The maximum Gasteiger partial charge on any atom is 0.340 e. The van der Waals surface area contributed by atoms with Crippen molar-refractivity contribution < 1.29 is 9.53 Å². The van der Waals surface area contributed by atoms with E-state index in [-0.39, 0.29) is 18.2 Å². The molecule has 164 valence electrons. The van der Waals surface area contributed by atoms with Gasteiger partial charge in [0.15, 0.2) is 0 Å². The van der Waals surface area contributed by atoms with Crippen LogP contribution in [-0.4, -0.2) is 21.7 Å². The number of nitrogens with zero attached hydrogens (tertiary/aromatic N) is 2. The molecule has 3 rings (SSSR count). The second kappa shape index (κ2) is 9.62. The highest BCUT2D eigenvalue weighted by Gasteiger charge is 2.27. The summed E-state index contributed by atoms with van der Waals surface area (Å²) in [5, 5.41) is 4.32. The molecule has 0 aliphatic carbocycles. The van der Waals surface area contributed by atoms with E-state index < -0.39 is 12.0 Å². The molecule has 0 bridgehead atoms. The number of esters is 1. The number of halogens is 2. The zero-order valence-electron chi connectivity index (χ0n) is 17.9. The van der Waals surface area contributed by atoms with Crippen LogP contribution in [0.15, 0.2) is 53.6 Å². The quantitative estimate of drug-likeness (QED) is 0.474. The molecule has 3 aromatic rings. The Morgan fingerprint density at radius 2 is 1.81 bits per heavy atom. The van der Waals surface area contributed by atoms with Crippen LogP contribution in [0.3, 0.4) is 0 Å². The zero-order chi connectivity index (χ0) is 22.7. The van der Waals surface area contributed by atoms with Crippen molar-refractivity contribution in [2.24, 2.45) is 7.05 Å². The molecule has 0 amide bonds. The molecule has 2 heterocycles. The SMILES string of the molecule is CCOC(=O)c1ccn(C(C)C)c1C(Nc1cc(Cl)cn(C)c1=O)c1ccc(Cl)cc1. The number of ether oxygens (including phenoxy) is 1. The van der Waals surface area contributed by atoms with Crippen LogP contribution in [0.5, 0.6) is 0 Å². The minimum atomic E-state index is -0.528. The van der Waals surface area contributed by atoms with Gasteiger partial charge in [-0.1, -0.05) is 35.3 Å². The van der Waals surface area contributed by atoms with Crippen molar-refractivity contribution in [2.45, 2.75) is 32.9 Å². The van der Waals surface area contributed by atoms with Gasteiger partial charge < -0.3 is 19.2 Å². The Bertz CT molecular complexity index is 1130. The van der Waals surface area contributed by atoms with Gasteiger partial charge in [-0.2, -0.15) is 0 Å². The Hall–Kier alpha value is -2.70. The van der Waals surface area contributed by atoms with E-state index in [0.717, 1.165) is 5.56 Å². The number of aryl methyl sites for hydroxylation is 1. The zero-order valence-corrected chi connectivity index (χ0v) is 19.4. The first-order valence-electron chi connectivity index (χ1n) is 9.99. The number of nitrogens with one attached hydrogen (secondary N) is 1. The summed E-state index contributed by atoms with van der Waals surface area (Å²) in [6.07, 6.45) is 3.40. The van der Waals surface area contributed by atoms with Crippen LogP contribution in [0, 0.1) is 0 Å². The van der Waals surface area contributed by atoms with E-state index in [2.05, 4.69) is 5.32 Å². The van der Waals surface area contributed by atoms with Gasteiger partial charge in [-0.05, 0) is 50.6 Å². The fourth-order valence-electron chi connectivity index (χ4n) is 3.49. The van der Waals surface area contributed by atoms with Gasteiger partial charge in [-0.15, -0.1) is 0 Å². The number of pyridine rings is 1. The Balaban J connectivity index is 2.23. The Morgan fingerprint density at radius 1 is 1.13 bits per heavy atom. The number of hydrogen-bond acceptors (Lipinski definition) is 4. The van der Waals surface area contributed by atoms with E-state index in [1.54, 1.807) is 44.4 Å². The Morgan fingerprint density at radius 3 is 2.42 bits per heavy atom. The van der Waals surface area contributed by atoms with Crippen LogP contribution in [0.25, 0.3) is 0 Å². The minimum absolute atomic E-state index is 0.0666. The van der Waals surface area contributed by atoms with Gasteiger partial charge in [0.2, 0.25) is 0 Å². The van der Waals surface area contributed by atoms with Crippen molar-refractivity contribution in [2.75, 3.05) is 11.9 Å². The van der Waals surface area contributed by atoms with E-state index in [9.17, 15) is 9.59 Å². The van der Waals surface area contributed by atoms with Gasteiger partial charge in [0.1, 0.15) is 5.69 Å². The molecule has 0 saturated heterocycles. The molecule has 0 fully saturated rings. The molecular formula is C23H25Cl2N3O3. The number of anilines is 1. The predicted octanol–water partition coefficient (Wildman–Crippen LogP) is 5.45. The molecule has 0 aliphatic rings. The molecule has 1 N–H and O–H groups in total. The van der Waals surface area contributed by atoms with Crippen LogP contribution in [0.2, 0.25) is 10.0 Å². The van der Waals surface area contributed by atoms with Gasteiger partial charge in [-0.25, -0.2) is 4.79 Å². The minimum Gasteiger partial charge on any atom is -0.462 e. The first kappa shape index (κ1) is 23.0. The lowest BCUT2D eigenvalue weighted by Gasteiger charge is -2.25. The monoisotopic (exact) mass is 461 g/mol. The number of hydrogen-bond donors (Lipinski definition) is 1. The second-order valence-electron chi connectivity index (χ2n) is 7.45. The van der Waals surface area contributed by atoms with Crippen LogP contribution in [-0.2, 0) is 11.8 Å². The molecule has 0 radical (unpaired) electrons. The van der Waals surface area contributed by atoms with Crippen LogP contribution < -0.4 is 10.9 Å². The summed E-state index contributed by atoms with van der Waals surface area (Å²) in [5.41, 5.74) is 2.04. The Kier molecular flexibility index (Phi) is 7.13. The molecule has 0 aliphatic heterocycles. The van der Waals surface area contributed by atoms with E-state index in [1.807, 2.05) is 36.7 Å². The maximum atomic E-state index is 12.8. The molecule has 31 heavy (non-hydrogen) atoms. The third-order valence-electron chi connectivity index (χ3n) is 4.93. The lowest BCUT2D eigenvalue weighted by atomic mass is 9.99. The van der Waals surface area contributed by atoms with Crippen molar-refractivity contribution in [3.05, 3.63) is 86.0 Å². The van der Waals surface area contributed by atoms with Crippen molar-refractivity contribution in [1.29, 1.82) is 0 Å². The third-order valence-corrected chi connectivity index (χ3v) is 5.39. The molecular weight excluding hydrogens is 437 g/mol. The summed E-state index contributed by atoms with van der Waals surface area (Å²) in [6.45, 7) is 6.08. The summed E-state index contributed by atoms with van der Waals surface area (Å²) in [4.78, 5) is 25.5. The summed E-state index contributed by atoms with van der Waals surface area (Å²) < 4.78 is 8.70. The van der Waals surface area contributed by atoms with Gasteiger partial charge in [0.25, 0.3) is 5.56 Å². The smallest absolute Gasteiger partial charge is 0.340 e. The molecule has 0 saturated carbocycles. The maximum absolute atomic E-state index is 12.8. The van der Waals surface area contributed by atoms with Crippen molar-refractivity contribution in [1.82, 2.24) is 9.13 Å². The first-order chi connectivity index (χ1) is 14.7. The van der Waals surface area contributed by atoms with Crippen molar-refractivity contribution in [3.63, 3.8) is 0 Å². The van der Waals surface area contributed by atoms with Crippen LogP contribution in [0.1, 0.15) is 54.5 Å². The highest BCUT2D eigenvalue weighted by molar-refractivity contribution is 6.31. The topological polar surface area (TPSA) is 65.3 Å². The van der Waals surface area contributed by atoms with E-state index in [1.165, 1.54) is 4.57 Å². The molecule has 2 aromatic heterocycles. The van der Waals surface area contributed by atoms with E-state index in [0.29, 0.717) is 27.0 Å². The predicted molar refractivity (Wildman–Crippen MR) is 124 cm³/mol. The number of aromatic nitrogens is 2. The highest BCUT2D eigenvalue weighted by Crippen LogP contribution is 2.32. The van der Waals surface area contributed by atoms with Gasteiger partial charge in [0, 0.05) is 30.5 Å². The normalized spacial score (nSPS) is 12.1. The largest absolute Gasteiger partial charge is 0.462 e. The fraction of sp³-hybridized carbons (Fsp3) is 0.304. The molecule has 1 unspecified atom stereocenters. The van der Waals surface area contributed by atoms with Gasteiger partial charge >= 0.3 is 5.97 Å². The van der Waals surface area contributed by atoms with E-state index >= 15 is 0 Å². The van der Waals surface area contributed by atoms with Crippen molar-refractivity contribution >= 4 is 34.9 Å². The average molecular weight is 462 g/mol. The second-order valence-corrected chi connectivity index (χ2v) is 8.33. The van der Waals surface area contributed by atoms with Gasteiger partial charge in [-0.3, -0.25) is 4.79 Å². The molecule has 0 spiro atoms. The summed E-state index contributed by atoms with van der Waals surface area (Å²) in [5.74, 6) is -0.420. The molecule has 1 aromatic carbocycles. The standard InChI is InChI=1S/C23H25Cl2N3O3/c1-5-31-23(30)18-10-11-28(14(2)3)21(18)20(15-6-8-16(24)9-7-15)26-19-12-17(25)13-27(4)22(19)29/h6-14,20,26H,5H2,1-4H3. The summed E-state index contributed by atoms with van der Waals surface area (Å²) in [7, 11) is 1.64. The molecule has 1 atom stereocenters. The molecule has 8 heteroatoms. The fourth-order valence-corrected chi connectivity index (χ4v) is 3.87. The lowest BCUT2D eigenvalue weighted by molar-refractivity contribution is 0.0524. The third kappa shape index (κ3) is 4.97. The van der Waals surface area contributed by atoms with Crippen molar-refractivity contribution in [3.8, 4) is 0 Å². The van der Waals surface area contributed by atoms with Crippen LogP contribution >= 0.6 is 23.2 Å². The number of carbonyl (C=O) groups is 1. The lowest BCUT2D eigenvalue weighted by Crippen LogP contribution is -2.26. The summed E-state index contributed by atoms with van der Waals surface area (Å²) >= 11 is 12.3. The number of rotatable bonds is 7. The average Bonchev–Trinajstić information content (AvgIpc) is 3.16. The van der Waals surface area contributed by atoms with E-state index in [4.69, 9.17) is 27.9 Å². The first-order valence-corrected chi connectivity index (χ1v) is 10.7. The highest BCUT2D eigenvalue weighted by atomic mass is 35.5. The molecule has 6 nitrogen and oxygen atoms in total. The Labute approximate surface area is 191 Å². The van der Waals surface area contributed by atoms with Gasteiger partial charge in [0.05, 0.1) is 28.9 Å². The van der Waals surface area contributed by atoms with Crippen LogP contribution in [0.4, 0.5) is 5.69 Å². The summed E-state index contributed by atoms with van der Waals surface area (Å²) in [6, 6.07) is 10.1. The number of carbonyl (C=O) groups excluding carboxylic acids is 1. The number of benzene rings is 1.